The minimum Gasteiger partial charge on any atom is -0.453 e. The number of hydrogen-bond acceptors (Lipinski definition) is 5. The fourth-order valence-corrected chi connectivity index (χ4v) is 1.54. The molecule has 0 aromatic heterocycles. The van der Waals surface area contributed by atoms with Crippen LogP contribution in [-0.4, -0.2) is 51.6 Å². The van der Waals surface area contributed by atoms with Gasteiger partial charge in [-0.15, -0.1) is 0 Å². The van der Waals surface area contributed by atoms with Crippen molar-refractivity contribution in [3.8, 4) is 0 Å². The molecule has 0 aliphatic carbocycles. The molecule has 0 radical (unpaired) electrons. The molecular formula is C10H19N3O4. The molecule has 1 saturated heterocycles. The number of nitrogens with one attached hydrogen (secondary N) is 3. The largest absolute Gasteiger partial charge is 0.453 e. The summed E-state index contributed by atoms with van der Waals surface area (Å²) in [6.07, 6.45) is 0.848. The summed E-state index contributed by atoms with van der Waals surface area (Å²) >= 11 is 0. The summed E-state index contributed by atoms with van der Waals surface area (Å²) in [5.41, 5.74) is 0. The first-order chi connectivity index (χ1) is 8.22. The average molecular weight is 245 g/mol. The number of ether oxygens (including phenoxy) is 2. The maximum atomic E-state index is 11.3. The molecule has 3 N–H and O–H groups in total. The van der Waals surface area contributed by atoms with E-state index in [0.29, 0.717) is 0 Å². The molecule has 0 unspecified atom stereocenters. The monoisotopic (exact) mass is 245 g/mol. The Morgan fingerprint density at radius 3 is 2.65 bits per heavy atom. The number of amides is 2. The Kier molecular flexibility index (Phi) is 6.16. The highest BCUT2D eigenvalue weighted by molar-refractivity contribution is 5.68. The summed E-state index contributed by atoms with van der Waals surface area (Å²) in [7, 11) is 1.28. The Hall–Kier alpha value is -1.50. The number of piperidine rings is 1. The van der Waals surface area contributed by atoms with Crippen LogP contribution in [0.2, 0.25) is 0 Å². The van der Waals surface area contributed by atoms with Gasteiger partial charge in [-0.25, -0.2) is 9.59 Å². The number of carbonyl (C=O) groups excluding carboxylic acids is 2. The minimum absolute atomic E-state index is 0.131. The maximum absolute atomic E-state index is 11.3. The van der Waals surface area contributed by atoms with Crippen LogP contribution in [0.25, 0.3) is 0 Å². The quantitative estimate of drug-likeness (QED) is 0.598. The molecule has 0 aromatic rings. The maximum Gasteiger partial charge on any atom is 0.407 e. The van der Waals surface area contributed by atoms with Crippen molar-refractivity contribution in [3.63, 3.8) is 0 Å². The third-order valence-electron chi connectivity index (χ3n) is 2.45. The van der Waals surface area contributed by atoms with Crippen LogP contribution < -0.4 is 16.0 Å². The van der Waals surface area contributed by atoms with Crippen LogP contribution >= 0.6 is 0 Å². The highest BCUT2D eigenvalue weighted by atomic mass is 16.6. The Labute approximate surface area is 100 Å². The summed E-state index contributed by atoms with van der Waals surface area (Å²) in [5.74, 6) is 0. The van der Waals surface area contributed by atoms with Gasteiger partial charge < -0.3 is 25.4 Å². The molecule has 0 aromatic carbocycles. The molecule has 0 spiro atoms. The van der Waals surface area contributed by atoms with Gasteiger partial charge in [0.15, 0.2) is 0 Å². The zero-order chi connectivity index (χ0) is 12.5. The van der Waals surface area contributed by atoms with Gasteiger partial charge in [-0.3, -0.25) is 0 Å². The number of alkyl carbamates (subject to hydrolysis) is 2. The van der Waals surface area contributed by atoms with E-state index in [1.165, 1.54) is 7.11 Å². The number of carbonyl (C=O) groups is 2. The molecule has 17 heavy (non-hydrogen) atoms. The van der Waals surface area contributed by atoms with Crippen LogP contribution in [0.4, 0.5) is 9.59 Å². The van der Waals surface area contributed by atoms with E-state index < -0.39 is 12.2 Å². The lowest BCUT2D eigenvalue weighted by atomic mass is 10.1. The third-order valence-corrected chi connectivity index (χ3v) is 2.45. The first-order valence-electron chi connectivity index (χ1n) is 5.68. The predicted molar refractivity (Wildman–Crippen MR) is 60.8 cm³/mol. The summed E-state index contributed by atoms with van der Waals surface area (Å²) in [6.45, 7) is 2.20. The Bertz CT molecular complexity index is 254. The second-order valence-electron chi connectivity index (χ2n) is 3.72. The van der Waals surface area contributed by atoms with Crippen LogP contribution in [0, 0.1) is 0 Å². The number of rotatable bonds is 4. The molecule has 1 aliphatic rings. The number of hydrogen-bond donors (Lipinski definition) is 3. The van der Waals surface area contributed by atoms with E-state index in [2.05, 4.69) is 20.7 Å². The fraction of sp³-hybridized carbons (Fsp3) is 0.800. The van der Waals surface area contributed by atoms with Crippen LogP contribution in [0.1, 0.15) is 12.8 Å². The lowest BCUT2D eigenvalue weighted by Gasteiger charge is -2.23. The smallest absolute Gasteiger partial charge is 0.407 e. The molecule has 7 heteroatoms. The molecule has 1 heterocycles. The van der Waals surface area contributed by atoms with Crippen LogP contribution in [-0.2, 0) is 9.47 Å². The van der Waals surface area contributed by atoms with Gasteiger partial charge >= 0.3 is 12.2 Å². The lowest BCUT2D eigenvalue weighted by Crippen LogP contribution is -2.43. The van der Waals surface area contributed by atoms with Gasteiger partial charge in [-0.1, -0.05) is 0 Å². The first-order valence-corrected chi connectivity index (χ1v) is 5.68. The van der Waals surface area contributed by atoms with Crippen molar-refractivity contribution >= 4 is 12.2 Å². The molecular weight excluding hydrogens is 226 g/mol. The van der Waals surface area contributed by atoms with Gasteiger partial charge in [0, 0.05) is 6.04 Å². The lowest BCUT2D eigenvalue weighted by molar-refractivity contribution is 0.135. The molecule has 1 rings (SSSR count). The number of methoxy groups -OCH3 is 1. The molecule has 2 amide bonds. The van der Waals surface area contributed by atoms with Gasteiger partial charge in [0.1, 0.15) is 6.61 Å². The molecule has 0 atom stereocenters. The molecule has 98 valence electrons. The second-order valence-corrected chi connectivity index (χ2v) is 3.72. The van der Waals surface area contributed by atoms with Crippen molar-refractivity contribution in [2.24, 2.45) is 0 Å². The Morgan fingerprint density at radius 1 is 1.29 bits per heavy atom. The second kappa shape index (κ2) is 7.72. The van der Waals surface area contributed by atoms with E-state index in [1.54, 1.807) is 0 Å². The molecule has 0 bridgehead atoms. The van der Waals surface area contributed by atoms with Crippen LogP contribution in [0.5, 0.6) is 0 Å². The van der Waals surface area contributed by atoms with Crippen LogP contribution in [0.3, 0.4) is 0 Å². The van der Waals surface area contributed by atoms with Gasteiger partial charge in [-0.2, -0.15) is 0 Å². The van der Waals surface area contributed by atoms with Gasteiger partial charge in [-0.05, 0) is 25.9 Å². The zero-order valence-corrected chi connectivity index (χ0v) is 9.95. The predicted octanol–water partition coefficient (Wildman–Crippen LogP) is -0.179. The Morgan fingerprint density at radius 2 is 2.00 bits per heavy atom. The summed E-state index contributed by atoms with van der Waals surface area (Å²) in [5, 5.41) is 8.40. The topological polar surface area (TPSA) is 88.7 Å². The Balaban J connectivity index is 2.02. The van der Waals surface area contributed by atoms with Crippen molar-refractivity contribution < 1.29 is 19.1 Å². The van der Waals surface area contributed by atoms with E-state index >= 15 is 0 Å². The van der Waals surface area contributed by atoms with Crippen molar-refractivity contribution in [1.82, 2.24) is 16.0 Å². The molecule has 7 nitrogen and oxygen atoms in total. The standard InChI is InChI=1S/C10H19N3O4/c1-16-9(14)12-6-7-17-10(15)13-8-2-4-11-5-3-8/h8,11H,2-7H2,1H3,(H,12,14)(H,13,15). The zero-order valence-electron chi connectivity index (χ0n) is 9.95. The van der Waals surface area contributed by atoms with E-state index in [1.807, 2.05) is 0 Å². The summed E-state index contributed by atoms with van der Waals surface area (Å²) in [6, 6.07) is 0.178. The highest BCUT2D eigenvalue weighted by Crippen LogP contribution is 2.01. The molecule has 1 fully saturated rings. The van der Waals surface area contributed by atoms with Crippen molar-refractivity contribution in [2.75, 3.05) is 33.4 Å². The fourth-order valence-electron chi connectivity index (χ4n) is 1.54. The normalized spacial score (nSPS) is 16.1. The van der Waals surface area contributed by atoms with Gasteiger partial charge in [0.2, 0.25) is 0 Å². The SMILES string of the molecule is COC(=O)NCCOC(=O)NC1CCNCC1. The van der Waals surface area contributed by atoms with Crippen molar-refractivity contribution in [2.45, 2.75) is 18.9 Å². The first kappa shape index (κ1) is 13.6. The van der Waals surface area contributed by atoms with Gasteiger partial charge in [0.25, 0.3) is 0 Å². The minimum atomic E-state index is -0.535. The van der Waals surface area contributed by atoms with Crippen molar-refractivity contribution in [1.29, 1.82) is 0 Å². The third kappa shape index (κ3) is 5.96. The summed E-state index contributed by atoms with van der Waals surface area (Å²) < 4.78 is 9.26. The molecule has 0 saturated carbocycles. The van der Waals surface area contributed by atoms with Crippen LogP contribution in [0.15, 0.2) is 0 Å². The van der Waals surface area contributed by atoms with E-state index in [9.17, 15) is 9.59 Å². The van der Waals surface area contributed by atoms with E-state index in [-0.39, 0.29) is 19.2 Å². The van der Waals surface area contributed by atoms with E-state index in [0.717, 1.165) is 25.9 Å². The van der Waals surface area contributed by atoms with Crippen molar-refractivity contribution in [3.05, 3.63) is 0 Å². The molecule has 1 aliphatic heterocycles. The van der Waals surface area contributed by atoms with E-state index in [4.69, 9.17) is 4.74 Å². The highest BCUT2D eigenvalue weighted by Gasteiger charge is 2.15. The summed E-state index contributed by atoms with van der Waals surface area (Å²) in [4.78, 5) is 22.0. The van der Waals surface area contributed by atoms with Gasteiger partial charge in [0.05, 0.1) is 13.7 Å². The average Bonchev–Trinajstić information content (AvgIpc) is 2.35.